The van der Waals surface area contributed by atoms with Gasteiger partial charge in [0.15, 0.2) is 5.11 Å². The van der Waals surface area contributed by atoms with Crippen molar-refractivity contribution < 1.29 is 0 Å². The number of thiocarbonyl (C=S) groups is 1. The molecule has 0 aliphatic heterocycles. The minimum Gasteiger partial charge on any atom is -0.366 e. The Morgan fingerprint density at radius 1 is 1.67 bits per heavy atom. The van der Waals surface area contributed by atoms with Gasteiger partial charge in [-0.05, 0) is 12.2 Å². The Labute approximate surface area is 95.5 Å². The third kappa shape index (κ3) is 3.75. The molecule has 1 heterocycles. The van der Waals surface area contributed by atoms with Gasteiger partial charge in [-0.1, -0.05) is 0 Å². The molecule has 0 saturated carbocycles. The summed E-state index contributed by atoms with van der Waals surface area (Å²) in [5.41, 5.74) is 0. The number of aromatic nitrogens is 2. The summed E-state index contributed by atoms with van der Waals surface area (Å²) in [6.07, 6.45) is 3.77. The number of aryl methyl sites for hydroxylation is 1. The van der Waals surface area contributed by atoms with Crippen LogP contribution >= 0.6 is 12.2 Å². The van der Waals surface area contributed by atoms with E-state index < -0.39 is 0 Å². The lowest BCUT2D eigenvalue weighted by atomic mass is 10.5. The predicted molar refractivity (Wildman–Crippen MR) is 66.1 cm³/mol. The second kappa shape index (κ2) is 5.55. The summed E-state index contributed by atoms with van der Waals surface area (Å²) in [6, 6.07) is 0. The van der Waals surface area contributed by atoms with Crippen molar-refractivity contribution in [2.45, 2.75) is 0 Å². The zero-order chi connectivity index (χ0) is 11.3. The first-order chi connectivity index (χ1) is 7.13. The largest absolute Gasteiger partial charge is 0.366 e. The normalized spacial score (nSPS) is 9.80. The number of likely N-dealkylation sites (N-methyl/N-ethyl adjacent to an activating group) is 1. The average Bonchev–Trinajstić information content (AvgIpc) is 2.64. The maximum absolute atomic E-state index is 4.97. The standard InChI is InChI=1S/C9H17N5S/c1-10-9(15)11-4-5-14(3)8-6-13(2)7-12-8/h6-7H,4-5H2,1-3H3,(H2,10,11,15). The van der Waals surface area contributed by atoms with Crippen molar-refractivity contribution in [3.05, 3.63) is 12.5 Å². The Kier molecular flexibility index (Phi) is 4.36. The molecule has 0 unspecified atom stereocenters. The molecule has 0 bridgehead atoms. The van der Waals surface area contributed by atoms with E-state index in [0.29, 0.717) is 5.11 Å². The first-order valence-electron chi connectivity index (χ1n) is 4.78. The van der Waals surface area contributed by atoms with Crippen molar-refractivity contribution in [2.24, 2.45) is 7.05 Å². The molecule has 84 valence electrons. The van der Waals surface area contributed by atoms with Crippen molar-refractivity contribution in [3.63, 3.8) is 0 Å². The van der Waals surface area contributed by atoms with E-state index in [1.54, 1.807) is 13.4 Å². The Balaban J connectivity index is 2.30. The highest BCUT2D eigenvalue weighted by Gasteiger charge is 2.02. The van der Waals surface area contributed by atoms with Crippen molar-refractivity contribution in [1.29, 1.82) is 0 Å². The molecule has 5 nitrogen and oxygen atoms in total. The van der Waals surface area contributed by atoms with Gasteiger partial charge in [0.1, 0.15) is 5.82 Å². The van der Waals surface area contributed by atoms with E-state index >= 15 is 0 Å². The van der Waals surface area contributed by atoms with Crippen LogP contribution < -0.4 is 15.5 Å². The quantitative estimate of drug-likeness (QED) is 0.706. The summed E-state index contributed by atoms with van der Waals surface area (Å²) in [6.45, 7) is 1.66. The SMILES string of the molecule is CNC(=S)NCCN(C)c1cn(C)cn1. The molecule has 0 radical (unpaired) electrons. The molecule has 15 heavy (non-hydrogen) atoms. The smallest absolute Gasteiger partial charge is 0.166 e. The third-order valence-electron chi connectivity index (χ3n) is 2.04. The van der Waals surface area contributed by atoms with Crippen LogP contribution in [0, 0.1) is 0 Å². The Bertz CT molecular complexity index is 322. The zero-order valence-corrected chi connectivity index (χ0v) is 10.1. The van der Waals surface area contributed by atoms with E-state index in [2.05, 4.69) is 20.5 Å². The van der Waals surface area contributed by atoms with Crippen LogP contribution in [-0.4, -0.2) is 41.8 Å². The van der Waals surface area contributed by atoms with Crippen LogP contribution in [0.2, 0.25) is 0 Å². The van der Waals surface area contributed by atoms with Crippen LogP contribution in [-0.2, 0) is 7.05 Å². The number of anilines is 1. The second-order valence-electron chi connectivity index (χ2n) is 3.32. The van der Waals surface area contributed by atoms with E-state index in [1.165, 1.54) is 0 Å². The van der Waals surface area contributed by atoms with Crippen LogP contribution in [0.3, 0.4) is 0 Å². The summed E-state index contributed by atoms with van der Waals surface area (Å²) < 4.78 is 1.93. The van der Waals surface area contributed by atoms with Gasteiger partial charge in [-0.2, -0.15) is 0 Å². The van der Waals surface area contributed by atoms with Crippen LogP contribution in [0.1, 0.15) is 0 Å². The first-order valence-corrected chi connectivity index (χ1v) is 5.19. The fourth-order valence-corrected chi connectivity index (χ4v) is 1.24. The molecule has 0 saturated heterocycles. The highest BCUT2D eigenvalue weighted by molar-refractivity contribution is 7.80. The summed E-state index contributed by atoms with van der Waals surface area (Å²) in [4.78, 5) is 6.32. The number of nitrogens with one attached hydrogen (secondary N) is 2. The Morgan fingerprint density at radius 3 is 2.93 bits per heavy atom. The number of imidazole rings is 1. The molecule has 1 aromatic rings. The molecule has 0 spiro atoms. The van der Waals surface area contributed by atoms with Gasteiger partial charge in [-0.3, -0.25) is 0 Å². The number of hydrogen-bond donors (Lipinski definition) is 2. The van der Waals surface area contributed by atoms with E-state index in [9.17, 15) is 0 Å². The van der Waals surface area contributed by atoms with Crippen molar-refractivity contribution in [1.82, 2.24) is 20.2 Å². The van der Waals surface area contributed by atoms with E-state index in [4.69, 9.17) is 12.2 Å². The summed E-state index contributed by atoms with van der Waals surface area (Å²) in [7, 11) is 5.77. The first kappa shape index (κ1) is 11.8. The monoisotopic (exact) mass is 227 g/mol. The van der Waals surface area contributed by atoms with Gasteiger partial charge in [-0.25, -0.2) is 4.98 Å². The van der Waals surface area contributed by atoms with Crippen LogP contribution in [0.25, 0.3) is 0 Å². The molecule has 0 aromatic carbocycles. The summed E-state index contributed by atoms with van der Waals surface area (Å²) in [5, 5.41) is 6.62. The van der Waals surface area contributed by atoms with Crippen molar-refractivity contribution in [3.8, 4) is 0 Å². The maximum atomic E-state index is 4.97. The molecular weight excluding hydrogens is 210 g/mol. The molecule has 0 atom stereocenters. The third-order valence-corrected chi connectivity index (χ3v) is 2.39. The molecule has 1 rings (SSSR count). The van der Waals surface area contributed by atoms with Crippen LogP contribution in [0.15, 0.2) is 12.5 Å². The minimum atomic E-state index is 0.671. The lowest BCUT2D eigenvalue weighted by Gasteiger charge is -2.16. The number of hydrogen-bond acceptors (Lipinski definition) is 3. The van der Waals surface area contributed by atoms with E-state index in [1.807, 2.05) is 24.9 Å². The van der Waals surface area contributed by atoms with Crippen molar-refractivity contribution in [2.75, 3.05) is 32.1 Å². The molecule has 6 heteroatoms. The summed E-state index contributed by atoms with van der Waals surface area (Å²) in [5.74, 6) is 0.967. The number of nitrogens with zero attached hydrogens (tertiary/aromatic N) is 3. The number of rotatable bonds is 4. The van der Waals surface area contributed by atoms with Gasteiger partial charge >= 0.3 is 0 Å². The molecular formula is C9H17N5S. The molecule has 2 N–H and O–H groups in total. The second-order valence-corrected chi connectivity index (χ2v) is 3.73. The lowest BCUT2D eigenvalue weighted by Crippen LogP contribution is -2.37. The predicted octanol–water partition coefficient (Wildman–Crippen LogP) is -0.0498. The van der Waals surface area contributed by atoms with Gasteiger partial charge in [0.05, 0.1) is 6.33 Å². The highest BCUT2D eigenvalue weighted by atomic mass is 32.1. The Morgan fingerprint density at radius 2 is 2.40 bits per heavy atom. The fourth-order valence-electron chi connectivity index (χ4n) is 1.14. The van der Waals surface area contributed by atoms with E-state index in [-0.39, 0.29) is 0 Å². The van der Waals surface area contributed by atoms with Crippen LogP contribution in [0.4, 0.5) is 5.82 Å². The molecule has 0 amide bonds. The van der Waals surface area contributed by atoms with Gasteiger partial charge < -0.3 is 20.1 Å². The van der Waals surface area contributed by atoms with Gasteiger partial charge in [0.25, 0.3) is 0 Å². The topological polar surface area (TPSA) is 45.1 Å². The van der Waals surface area contributed by atoms with E-state index in [0.717, 1.165) is 18.9 Å². The van der Waals surface area contributed by atoms with Crippen LogP contribution in [0.5, 0.6) is 0 Å². The Hall–Kier alpha value is -1.30. The molecule has 0 fully saturated rings. The molecule has 0 aliphatic carbocycles. The lowest BCUT2D eigenvalue weighted by molar-refractivity contribution is 0.806. The van der Waals surface area contributed by atoms with Gasteiger partial charge in [0, 0.05) is 40.4 Å². The minimum absolute atomic E-state index is 0.671. The molecule has 1 aromatic heterocycles. The molecule has 0 aliphatic rings. The average molecular weight is 227 g/mol. The van der Waals surface area contributed by atoms with Gasteiger partial charge in [0.2, 0.25) is 0 Å². The fraction of sp³-hybridized carbons (Fsp3) is 0.556. The maximum Gasteiger partial charge on any atom is 0.166 e. The zero-order valence-electron chi connectivity index (χ0n) is 9.32. The van der Waals surface area contributed by atoms with Crippen molar-refractivity contribution >= 4 is 23.1 Å². The highest BCUT2D eigenvalue weighted by Crippen LogP contribution is 2.05. The van der Waals surface area contributed by atoms with Gasteiger partial charge in [-0.15, -0.1) is 0 Å². The summed E-state index contributed by atoms with van der Waals surface area (Å²) >= 11 is 4.97.